The lowest BCUT2D eigenvalue weighted by atomic mass is 10.1. The van der Waals surface area contributed by atoms with Crippen LogP contribution in [0.15, 0.2) is 22.7 Å². The first-order valence-corrected chi connectivity index (χ1v) is 6.32. The topological polar surface area (TPSA) is 35.2 Å². The van der Waals surface area contributed by atoms with Crippen molar-refractivity contribution in [2.24, 2.45) is 11.7 Å². The summed E-state index contributed by atoms with van der Waals surface area (Å²) in [7, 11) is 0. The van der Waals surface area contributed by atoms with E-state index in [9.17, 15) is 4.39 Å². The smallest absolute Gasteiger partial charge is 0.134 e. The van der Waals surface area contributed by atoms with Gasteiger partial charge in [0.05, 0.1) is 4.47 Å². The van der Waals surface area contributed by atoms with Gasteiger partial charge >= 0.3 is 0 Å². The molecule has 2 N–H and O–H groups in total. The van der Waals surface area contributed by atoms with Crippen molar-refractivity contribution in [1.29, 1.82) is 0 Å². The molecule has 0 spiro atoms. The Kier molecular flexibility index (Phi) is 3.82. The Hall–Kier alpha value is -0.610. The van der Waals surface area contributed by atoms with Crippen molar-refractivity contribution in [3.63, 3.8) is 0 Å². The van der Waals surface area contributed by atoms with E-state index in [0.717, 1.165) is 19.3 Å². The molecule has 2 rings (SSSR count). The molecule has 0 bridgehead atoms. The molecule has 1 saturated carbocycles. The molecule has 1 fully saturated rings. The van der Waals surface area contributed by atoms with Gasteiger partial charge in [0.2, 0.25) is 0 Å². The van der Waals surface area contributed by atoms with Crippen molar-refractivity contribution >= 4 is 15.9 Å². The van der Waals surface area contributed by atoms with Crippen LogP contribution in [0, 0.1) is 11.7 Å². The lowest BCUT2D eigenvalue weighted by molar-refractivity contribution is 0.161. The maximum Gasteiger partial charge on any atom is 0.134 e. The summed E-state index contributed by atoms with van der Waals surface area (Å²) in [5, 5.41) is 0. The van der Waals surface area contributed by atoms with Crippen LogP contribution in [-0.4, -0.2) is 12.6 Å². The molecule has 1 aromatic rings. The maximum absolute atomic E-state index is 12.9. The van der Waals surface area contributed by atoms with Gasteiger partial charge in [-0.05, 0) is 59.9 Å². The van der Waals surface area contributed by atoms with Gasteiger partial charge in [-0.15, -0.1) is 0 Å². The number of rotatable bonds is 3. The van der Waals surface area contributed by atoms with E-state index in [1.54, 1.807) is 6.07 Å². The molecule has 0 amide bonds. The minimum Gasteiger partial charge on any atom is -0.489 e. The number of hydrogen-bond donors (Lipinski definition) is 1. The van der Waals surface area contributed by atoms with Crippen molar-refractivity contribution in [3.8, 4) is 5.75 Å². The normalized spacial score (nSPS) is 24.7. The molecular weight excluding hydrogens is 273 g/mol. The van der Waals surface area contributed by atoms with Gasteiger partial charge in [-0.1, -0.05) is 0 Å². The summed E-state index contributed by atoms with van der Waals surface area (Å²) >= 11 is 3.30. The van der Waals surface area contributed by atoms with Gasteiger partial charge < -0.3 is 10.5 Å². The van der Waals surface area contributed by atoms with Crippen LogP contribution in [0.5, 0.6) is 5.75 Å². The standard InChI is InChI=1S/C12H15BrFNO/c13-10-6-9(14)4-5-12(10)16-11-3-1-2-8(11)7-15/h4-6,8,11H,1-3,7,15H2. The zero-order chi connectivity index (χ0) is 11.5. The zero-order valence-corrected chi connectivity index (χ0v) is 10.5. The molecule has 16 heavy (non-hydrogen) atoms. The summed E-state index contributed by atoms with van der Waals surface area (Å²) < 4.78 is 19.4. The molecular formula is C12H15BrFNO. The number of halogens is 2. The van der Waals surface area contributed by atoms with E-state index in [1.807, 2.05) is 0 Å². The highest BCUT2D eigenvalue weighted by Gasteiger charge is 2.28. The van der Waals surface area contributed by atoms with Gasteiger partial charge in [-0.2, -0.15) is 0 Å². The number of benzene rings is 1. The quantitative estimate of drug-likeness (QED) is 0.927. The van der Waals surface area contributed by atoms with E-state index >= 15 is 0 Å². The summed E-state index contributed by atoms with van der Waals surface area (Å²) in [5.74, 6) is 0.865. The third-order valence-corrected chi connectivity index (χ3v) is 3.68. The van der Waals surface area contributed by atoms with Gasteiger partial charge in [0.25, 0.3) is 0 Å². The Morgan fingerprint density at radius 1 is 1.44 bits per heavy atom. The Morgan fingerprint density at radius 2 is 2.25 bits per heavy atom. The van der Waals surface area contributed by atoms with Crippen LogP contribution in [0.4, 0.5) is 4.39 Å². The average molecular weight is 288 g/mol. The number of ether oxygens (including phenoxy) is 1. The Labute approximate surface area is 103 Å². The van der Waals surface area contributed by atoms with Crippen LogP contribution >= 0.6 is 15.9 Å². The predicted octanol–water partition coefficient (Wildman–Crippen LogP) is 3.09. The molecule has 0 radical (unpaired) electrons. The molecule has 4 heteroatoms. The Bertz CT molecular complexity index is 372. The van der Waals surface area contributed by atoms with Gasteiger partial charge in [0.15, 0.2) is 0 Å². The first-order chi connectivity index (χ1) is 7.70. The summed E-state index contributed by atoms with van der Waals surface area (Å²) in [6.07, 6.45) is 3.49. The molecule has 0 aromatic heterocycles. The molecule has 0 aliphatic heterocycles. The molecule has 0 heterocycles. The Balaban J connectivity index is 2.08. The van der Waals surface area contributed by atoms with Crippen LogP contribution in [-0.2, 0) is 0 Å². The highest BCUT2D eigenvalue weighted by Crippen LogP contribution is 2.32. The van der Waals surface area contributed by atoms with Crippen molar-refractivity contribution < 1.29 is 9.13 Å². The first kappa shape index (κ1) is 11.9. The lowest BCUT2D eigenvalue weighted by Gasteiger charge is -2.20. The van der Waals surface area contributed by atoms with Crippen LogP contribution in [0.3, 0.4) is 0 Å². The minimum atomic E-state index is -0.263. The molecule has 2 unspecified atom stereocenters. The van der Waals surface area contributed by atoms with E-state index in [-0.39, 0.29) is 11.9 Å². The van der Waals surface area contributed by atoms with Crippen LogP contribution in [0.25, 0.3) is 0 Å². The third-order valence-electron chi connectivity index (χ3n) is 3.06. The summed E-state index contributed by atoms with van der Waals surface area (Å²) in [6.45, 7) is 0.656. The Morgan fingerprint density at radius 3 is 2.94 bits per heavy atom. The first-order valence-electron chi connectivity index (χ1n) is 5.52. The molecule has 88 valence electrons. The summed E-state index contributed by atoms with van der Waals surface area (Å²) in [5.41, 5.74) is 5.69. The van der Waals surface area contributed by atoms with Crippen LogP contribution in [0.1, 0.15) is 19.3 Å². The average Bonchev–Trinajstić information content (AvgIpc) is 2.69. The molecule has 0 saturated heterocycles. The highest BCUT2D eigenvalue weighted by molar-refractivity contribution is 9.10. The fourth-order valence-electron chi connectivity index (χ4n) is 2.16. The second kappa shape index (κ2) is 5.15. The molecule has 2 nitrogen and oxygen atoms in total. The second-order valence-corrected chi connectivity index (χ2v) is 5.01. The van der Waals surface area contributed by atoms with Crippen molar-refractivity contribution in [2.45, 2.75) is 25.4 Å². The van der Waals surface area contributed by atoms with E-state index < -0.39 is 0 Å². The van der Waals surface area contributed by atoms with Gasteiger partial charge in [0, 0.05) is 5.92 Å². The second-order valence-electron chi connectivity index (χ2n) is 4.16. The van der Waals surface area contributed by atoms with Crippen LogP contribution < -0.4 is 10.5 Å². The molecule has 1 aromatic carbocycles. The largest absolute Gasteiger partial charge is 0.489 e. The highest BCUT2D eigenvalue weighted by atomic mass is 79.9. The summed E-state index contributed by atoms with van der Waals surface area (Å²) in [4.78, 5) is 0. The lowest BCUT2D eigenvalue weighted by Crippen LogP contribution is -2.27. The van der Waals surface area contributed by atoms with Gasteiger partial charge in [0.1, 0.15) is 17.7 Å². The van der Waals surface area contributed by atoms with E-state index in [1.165, 1.54) is 12.1 Å². The third kappa shape index (κ3) is 2.55. The van der Waals surface area contributed by atoms with Crippen molar-refractivity contribution in [2.75, 3.05) is 6.54 Å². The van der Waals surface area contributed by atoms with E-state index in [4.69, 9.17) is 10.5 Å². The fourth-order valence-corrected chi connectivity index (χ4v) is 2.61. The van der Waals surface area contributed by atoms with E-state index in [0.29, 0.717) is 22.7 Å². The number of nitrogens with two attached hydrogens (primary N) is 1. The van der Waals surface area contributed by atoms with Crippen molar-refractivity contribution in [3.05, 3.63) is 28.5 Å². The fraction of sp³-hybridized carbons (Fsp3) is 0.500. The molecule has 1 aliphatic carbocycles. The van der Waals surface area contributed by atoms with Crippen molar-refractivity contribution in [1.82, 2.24) is 0 Å². The number of hydrogen-bond acceptors (Lipinski definition) is 2. The van der Waals surface area contributed by atoms with Gasteiger partial charge in [-0.3, -0.25) is 0 Å². The SMILES string of the molecule is NCC1CCCC1Oc1ccc(F)cc1Br. The maximum atomic E-state index is 12.9. The zero-order valence-electron chi connectivity index (χ0n) is 8.96. The molecule has 2 atom stereocenters. The summed E-state index contributed by atoms with van der Waals surface area (Å²) in [6, 6.07) is 4.49. The predicted molar refractivity (Wildman–Crippen MR) is 64.9 cm³/mol. The molecule has 1 aliphatic rings. The van der Waals surface area contributed by atoms with Gasteiger partial charge in [-0.25, -0.2) is 4.39 Å². The monoisotopic (exact) mass is 287 g/mol. The van der Waals surface area contributed by atoms with Crippen LogP contribution in [0.2, 0.25) is 0 Å². The minimum absolute atomic E-state index is 0.173. The van der Waals surface area contributed by atoms with E-state index in [2.05, 4.69) is 15.9 Å².